The molecule has 0 heterocycles. The molecule has 0 aliphatic rings. The molecule has 0 aliphatic carbocycles. The zero-order chi connectivity index (χ0) is 14.2. The summed E-state index contributed by atoms with van der Waals surface area (Å²) in [5.74, 6) is -2.01. The van der Waals surface area contributed by atoms with E-state index in [4.69, 9.17) is 11.6 Å². The Bertz CT molecular complexity index is 631. The van der Waals surface area contributed by atoms with E-state index in [1.807, 2.05) is 0 Å². The van der Waals surface area contributed by atoms with Gasteiger partial charge in [-0.25, -0.2) is 8.78 Å². The van der Waals surface area contributed by atoms with Gasteiger partial charge in [-0.05, 0) is 34.5 Å². The maximum atomic E-state index is 13.8. The molecule has 1 N–H and O–H groups in total. The van der Waals surface area contributed by atoms with Crippen molar-refractivity contribution in [3.63, 3.8) is 0 Å². The number of hydrogen-bond donors (Lipinski definition) is 1. The first-order chi connectivity index (χ1) is 8.93. The highest BCUT2D eigenvalue weighted by atomic mass is 79.9. The number of hydrogen-bond acceptors (Lipinski definition) is 1. The predicted octanol–water partition coefficient (Wildman–Crippen LogP) is 4.77. The van der Waals surface area contributed by atoms with E-state index < -0.39 is 17.7 Å². The van der Waals surface area contributed by atoms with Gasteiger partial charge in [0, 0.05) is 15.6 Å². The van der Waals surface area contributed by atoms with Crippen molar-refractivity contribution in [2.75, 3.05) is 0 Å². The molecule has 0 spiro atoms. The van der Waals surface area contributed by atoms with Gasteiger partial charge in [-0.2, -0.15) is 0 Å². The minimum Gasteiger partial charge on any atom is -0.383 e. The Kier molecular flexibility index (Phi) is 4.23. The molecular weight excluding hydrogens is 338 g/mol. The van der Waals surface area contributed by atoms with Gasteiger partial charge in [-0.1, -0.05) is 35.9 Å². The summed E-state index contributed by atoms with van der Waals surface area (Å²) in [5.41, 5.74) is 0.370. The zero-order valence-electron chi connectivity index (χ0n) is 9.92. The van der Waals surface area contributed by atoms with Crippen molar-refractivity contribution in [3.8, 4) is 0 Å². The van der Waals surface area contributed by atoms with Crippen LogP contribution in [-0.4, -0.2) is 5.11 Å². The molecular formula is C14H10BrClF2O. The minimum atomic E-state index is -1.32. The lowest BCUT2D eigenvalue weighted by atomic mass is 9.99. The molecule has 1 nitrogen and oxygen atoms in total. The molecule has 1 unspecified atom stereocenters. The third kappa shape index (κ3) is 2.66. The molecule has 0 saturated heterocycles. The average molecular weight is 348 g/mol. The highest BCUT2D eigenvalue weighted by Crippen LogP contribution is 2.34. The molecule has 2 aromatic rings. The van der Waals surface area contributed by atoms with Crippen molar-refractivity contribution >= 4 is 27.5 Å². The van der Waals surface area contributed by atoms with Crippen LogP contribution >= 0.6 is 27.5 Å². The molecule has 0 bridgehead atoms. The van der Waals surface area contributed by atoms with E-state index in [9.17, 15) is 13.9 Å². The zero-order valence-corrected chi connectivity index (χ0v) is 12.3. The Balaban J connectivity index is 2.53. The van der Waals surface area contributed by atoms with Gasteiger partial charge in [0.2, 0.25) is 0 Å². The van der Waals surface area contributed by atoms with Gasteiger partial charge in [0.25, 0.3) is 0 Å². The monoisotopic (exact) mass is 346 g/mol. The first-order valence-electron chi connectivity index (χ1n) is 5.50. The first-order valence-corrected chi connectivity index (χ1v) is 6.67. The van der Waals surface area contributed by atoms with Gasteiger partial charge < -0.3 is 5.11 Å². The van der Waals surface area contributed by atoms with Crippen LogP contribution < -0.4 is 0 Å². The van der Waals surface area contributed by atoms with Gasteiger partial charge in [0.1, 0.15) is 6.10 Å². The van der Waals surface area contributed by atoms with E-state index in [1.165, 1.54) is 19.1 Å². The fourth-order valence-corrected chi connectivity index (χ4v) is 2.38. The van der Waals surface area contributed by atoms with Crippen LogP contribution in [0.15, 0.2) is 34.8 Å². The number of aliphatic hydroxyl groups is 1. The first kappa shape index (κ1) is 14.4. The van der Waals surface area contributed by atoms with E-state index in [-0.39, 0.29) is 16.1 Å². The molecule has 0 saturated carbocycles. The lowest BCUT2D eigenvalue weighted by molar-refractivity contribution is 0.213. The standard InChI is InChI=1S/C14H10BrClF2O/c1-7-5-6-9(13(18)12(7)17)14(19)8-3-2-4-10(15)11(8)16/h2-6,14,19H,1H3. The summed E-state index contributed by atoms with van der Waals surface area (Å²) in [7, 11) is 0. The quantitative estimate of drug-likeness (QED) is 0.829. The lowest BCUT2D eigenvalue weighted by Crippen LogP contribution is -2.06. The summed E-state index contributed by atoms with van der Waals surface area (Å²) in [4.78, 5) is 0. The maximum Gasteiger partial charge on any atom is 0.165 e. The van der Waals surface area contributed by atoms with Crippen molar-refractivity contribution in [1.82, 2.24) is 0 Å². The number of halogens is 4. The molecule has 0 fully saturated rings. The summed E-state index contributed by atoms with van der Waals surface area (Å²) in [6.45, 7) is 1.46. The summed E-state index contributed by atoms with van der Waals surface area (Å²) in [6, 6.07) is 7.70. The molecule has 0 aromatic heterocycles. The Hall–Kier alpha value is -0.970. The Morgan fingerprint density at radius 3 is 2.47 bits per heavy atom. The van der Waals surface area contributed by atoms with E-state index in [2.05, 4.69) is 15.9 Å². The largest absolute Gasteiger partial charge is 0.383 e. The van der Waals surface area contributed by atoms with Gasteiger partial charge in [-0.15, -0.1) is 0 Å². The van der Waals surface area contributed by atoms with Crippen LogP contribution in [0.1, 0.15) is 22.8 Å². The highest BCUT2D eigenvalue weighted by Gasteiger charge is 2.21. The summed E-state index contributed by atoms with van der Waals surface area (Å²) in [5, 5.41) is 10.5. The number of benzene rings is 2. The van der Waals surface area contributed by atoms with Crippen LogP contribution in [0.4, 0.5) is 8.78 Å². The van der Waals surface area contributed by atoms with Gasteiger partial charge in [0.05, 0.1) is 5.02 Å². The second-order valence-electron chi connectivity index (χ2n) is 4.15. The molecule has 2 rings (SSSR count). The fraction of sp³-hybridized carbons (Fsp3) is 0.143. The minimum absolute atomic E-state index is 0.136. The predicted molar refractivity (Wildman–Crippen MR) is 74.3 cm³/mol. The number of aryl methyl sites for hydroxylation is 1. The SMILES string of the molecule is Cc1ccc(C(O)c2cccc(Br)c2Cl)c(F)c1F. The van der Waals surface area contributed by atoms with Crippen LogP contribution in [0.2, 0.25) is 5.02 Å². The normalized spacial score (nSPS) is 12.5. The van der Waals surface area contributed by atoms with Crippen molar-refractivity contribution in [2.45, 2.75) is 13.0 Å². The van der Waals surface area contributed by atoms with E-state index in [0.29, 0.717) is 10.0 Å². The van der Waals surface area contributed by atoms with Crippen LogP contribution in [-0.2, 0) is 0 Å². The van der Waals surface area contributed by atoms with Crippen LogP contribution in [0, 0.1) is 18.6 Å². The fourth-order valence-electron chi connectivity index (χ4n) is 1.77. The number of rotatable bonds is 2. The van der Waals surface area contributed by atoms with Gasteiger partial charge in [-0.3, -0.25) is 0 Å². The smallest absolute Gasteiger partial charge is 0.165 e. The molecule has 1 atom stereocenters. The average Bonchev–Trinajstić information content (AvgIpc) is 2.39. The summed E-state index contributed by atoms with van der Waals surface area (Å²) in [6.07, 6.45) is -1.32. The number of aliphatic hydroxyl groups excluding tert-OH is 1. The van der Waals surface area contributed by atoms with Crippen molar-refractivity contribution < 1.29 is 13.9 Å². The molecule has 5 heteroatoms. The molecule has 2 aromatic carbocycles. The Morgan fingerprint density at radius 1 is 1.11 bits per heavy atom. The molecule has 0 amide bonds. The summed E-state index contributed by atoms with van der Waals surface area (Å²) < 4.78 is 27.9. The topological polar surface area (TPSA) is 20.2 Å². The summed E-state index contributed by atoms with van der Waals surface area (Å²) >= 11 is 9.26. The second kappa shape index (κ2) is 5.57. The molecule has 100 valence electrons. The molecule has 0 aliphatic heterocycles. The molecule has 19 heavy (non-hydrogen) atoms. The molecule has 0 radical (unpaired) electrons. The lowest BCUT2D eigenvalue weighted by Gasteiger charge is -2.15. The van der Waals surface area contributed by atoms with Crippen molar-refractivity contribution in [1.29, 1.82) is 0 Å². The Labute approximate surface area is 123 Å². The Morgan fingerprint density at radius 2 is 1.79 bits per heavy atom. The van der Waals surface area contributed by atoms with Gasteiger partial charge >= 0.3 is 0 Å². The van der Waals surface area contributed by atoms with Crippen LogP contribution in [0.25, 0.3) is 0 Å². The van der Waals surface area contributed by atoms with E-state index in [1.54, 1.807) is 18.2 Å². The highest BCUT2D eigenvalue weighted by molar-refractivity contribution is 9.10. The van der Waals surface area contributed by atoms with Crippen LogP contribution in [0.5, 0.6) is 0 Å². The third-order valence-electron chi connectivity index (χ3n) is 2.88. The van der Waals surface area contributed by atoms with E-state index in [0.717, 1.165) is 0 Å². The van der Waals surface area contributed by atoms with Crippen molar-refractivity contribution in [2.24, 2.45) is 0 Å². The second-order valence-corrected chi connectivity index (χ2v) is 5.38. The van der Waals surface area contributed by atoms with E-state index >= 15 is 0 Å². The van der Waals surface area contributed by atoms with Crippen LogP contribution in [0.3, 0.4) is 0 Å². The van der Waals surface area contributed by atoms with Gasteiger partial charge in [0.15, 0.2) is 11.6 Å². The van der Waals surface area contributed by atoms with Crippen molar-refractivity contribution in [3.05, 3.63) is 68.2 Å². The maximum absolute atomic E-state index is 13.8. The third-order valence-corrected chi connectivity index (χ3v) is 4.19.